The lowest BCUT2D eigenvalue weighted by Crippen LogP contribution is -2.42. The Labute approximate surface area is 99.2 Å². The van der Waals surface area contributed by atoms with E-state index < -0.39 is 5.60 Å². The number of nitriles is 1. The molecule has 2 rings (SSSR count). The van der Waals surface area contributed by atoms with Gasteiger partial charge in [0.05, 0.1) is 17.2 Å². The van der Waals surface area contributed by atoms with E-state index in [-0.39, 0.29) is 6.61 Å². The Morgan fingerprint density at radius 2 is 2.19 bits per heavy atom. The van der Waals surface area contributed by atoms with Crippen LogP contribution in [0.3, 0.4) is 0 Å². The normalized spacial score (nSPS) is 17.3. The molecule has 1 aliphatic carbocycles. The number of rotatable bonds is 3. The van der Waals surface area contributed by atoms with Crippen LogP contribution >= 0.6 is 11.6 Å². The number of ether oxygens (including phenoxy) is 1. The first-order valence-electron chi connectivity index (χ1n) is 5.17. The molecule has 84 valence electrons. The molecule has 0 aromatic heterocycles. The minimum atomic E-state index is -0.685. The Morgan fingerprint density at radius 3 is 2.75 bits per heavy atom. The van der Waals surface area contributed by atoms with Crippen molar-refractivity contribution in [1.29, 1.82) is 5.26 Å². The zero-order valence-electron chi connectivity index (χ0n) is 8.74. The quantitative estimate of drug-likeness (QED) is 0.879. The van der Waals surface area contributed by atoms with Crippen LogP contribution in [0.5, 0.6) is 5.75 Å². The number of benzene rings is 1. The van der Waals surface area contributed by atoms with Crippen molar-refractivity contribution in [3.63, 3.8) is 0 Å². The van der Waals surface area contributed by atoms with Gasteiger partial charge in [-0.2, -0.15) is 5.26 Å². The Morgan fingerprint density at radius 1 is 1.44 bits per heavy atom. The summed E-state index contributed by atoms with van der Waals surface area (Å²) in [5, 5.41) is 19.1. The first kappa shape index (κ1) is 11.3. The third kappa shape index (κ3) is 2.46. The largest absolute Gasteiger partial charge is 0.490 e. The van der Waals surface area contributed by atoms with Gasteiger partial charge in [0.1, 0.15) is 12.4 Å². The van der Waals surface area contributed by atoms with Crippen molar-refractivity contribution in [2.75, 3.05) is 6.61 Å². The molecule has 3 nitrogen and oxygen atoms in total. The first-order valence-corrected chi connectivity index (χ1v) is 5.55. The molecule has 0 heterocycles. The van der Waals surface area contributed by atoms with Crippen LogP contribution in [0, 0.1) is 11.3 Å². The van der Waals surface area contributed by atoms with Crippen LogP contribution < -0.4 is 4.74 Å². The number of nitrogens with zero attached hydrogens (tertiary/aromatic N) is 1. The molecule has 1 aromatic carbocycles. The highest BCUT2D eigenvalue weighted by molar-refractivity contribution is 6.30. The summed E-state index contributed by atoms with van der Waals surface area (Å²) in [6.07, 6.45) is 2.59. The monoisotopic (exact) mass is 237 g/mol. The highest BCUT2D eigenvalue weighted by Gasteiger charge is 2.35. The molecule has 0 amide bonds. The lowest BCUT2D eigenvalue weighted by atomic mass is 9.81. The summed E-state index contributed by atoms with van der Waals surface area (Å²) < 4.78 is 5.45. The number of hydrogen-bond acceptors (Lipinski definition) is 3. The number of halogens is 1. The molecule has 1 N–H and O–H groups in total. The minimum absolute atomic E-state index is 0.262. The van der Waals surface area contributed by atoms with Gasteiger partial charge in [-0.15, -0.1) is 0 Å². The summed E-state index contributed by atoms with van der Waals surface area (Å²) in [6.45, 7) is 0.262. The van der Waals surface area contributed by atoms with Crippen molar-refractivity contribution < 1.29 is 9.84 Å². The fourth-order valence-corrected chi connectivity index (χ4v) is 1.88. The highest BCUT2D eigenvalue weighted by atomic mass is 35.5. The van der Waals surface area contributed by atoms with E-state index in [0.29, 0.717) is 16.3 Å². The second-order valence-electron chi connectivity index (χ2n) is 4.15. The molecular weight excluding hydrogens is 226 g/mol. The van der Waals surface area contributed by atoms with E-state index in [1.54, 1.807) is 18.2 Å². The lowest BCUT2D eigenvalue weighted by Gasteiger charge is -2.36. The van der Waals surface area contributed by atoms with Crippen molar-refractivity contribution in [2.45, 2.75) is 24.9 Å². The number of aliphatic hydroxyl groups is 1. The van der Waals surface area contributed by atoms with Gasteiger partial charge in [0, 0.05) is 5.02 Å². The van der Waals surface area contributed by atoms with Gasteiger partial charge in [-0.3, -0.25) is 0 Å². The standard InChI is InChI=1S/C12H12ClNO2/c13-10-4-9(7-14)5-11(6-10)16-8-12(15)2-1-3-12/h4-6,15H,1-3,8H2. The Balaban J connectivity index is 2.04. The van der Waals surface area contributed by atoms with Gasteiger partial charge in [0.15, 0.2) is 0 Å². The molecule has 1 aromatic rings. The second-order valence-corrected chi connectivity index (χ2v) is 4.59. The van der Waals surface area contributed by atoms with Gasteiger partial charge in [-0.05, 0) is 37.5 Å². The van der Waals surface area contributed by atoms with Crippen LogP contribution in [-0.2, 0) is 0 Å². The van der Waals surface area contributed by atoms with Crippen molar-refractivity contribution in [1.82, 2.24) is 0 Å². The maximum Gasteiger partial charge on any atom is 0.122 e. The van der Waals surface area contributed by atoms with Crippen LogP contribution in [0.4, 0.5) is 0 Å². The van der Waals surface area contributed by atoms with Gasteiger partial charge < -0.3 is 9.84 Å². The zero-order valence-corrected chi connectivity index (χ0v) is 9.50. The fourth-order valence-electron chi connectivity index (χ4n) is 1.66. The summed E-state index contributed by atoms with van der Waals surface area (Å²) in [6, 6.07) is 6.84. The highest BCUT2D eigenvalue weighted by Crippen LogP contribution is 2.32. The van der Waals surface area contributed by atoms with Crippen LogP contribution in [-0.4, -0.2) is 17.3 Å². The average Bonchev–Trinajstić information content (AvgIpc) is 2.23. The first-order chi connectivity index (χ1) is 7.61. The van der Waals surface area contributed by atoms with E-state index in [4.69, 9.17) is 21.6 Å². The topological polar surface area (TPSA) is 53.2 Å². The molecule has 0 radical (unpaired) electrons. The molecular formula is C12H12ClNO2. The third-order valence-electron chi connectivity index (χ3n) is 2.79. The molecule has 0 atom stereocenters. The van der Waals surface area contributed by atoms with E-state index >= 15 is 0 Å². The van der Waals surface area contributed by atoms with Crippen LogP contribution in [0.2, 0.25) is 5.02 Å². The van der Waals surface area contributed by atoms with Gasteiger partial charge in [0.2, 0.25) is 0 Å². The summed E-state index contributed by atoms with van der Waals surface area (Å²) in [7, 11) is 0. The fraction of sp³-hybridized carbons (Fsp3) is 0.417. The van der Waals surface area contributed by atoms with Crippen molar-refractivity contribution in [3.05, 3.63) is 28.8 Å². The van der Waals surface area contributed by atoms with Crippen molar-refractivity contribution in [2.24, 2.45) is 0 Å². The van der Waals surface area contributed by atoms with Gasteiger partial charge >= 0.3 is 0 Å². The Kier molecular flexibility index (Phi) is 3.04. The molecule has 0 bridgehead atoms. The molecule has 0 unspecified atom stereocenters. The zero-order chi connectivity index (χ0) is 11.6. The molecule has 4 heteroatoms. The molecule has 0 spiro atoms. The van der Waals surface area contributed by atoms with E-state index in [1.807, 2.05) is 6.07 Å². The predicted octanol–water partition coefficient (Wildman–Crippen LogP) is 2.51. The van der Waals surface area contributed by atoms with Crippen LogP contribution in [0.15, 0.2) is 18.2 Å². The van der Waals surface area contributed by atoms with Gasteiger partial charge in [-0.1, -0.05) is 11.6 Å². The van der Waals surface area contributed by atoms with Crippen molar-refractivity contribution >= 4 is 11.6 Å². The van der Waals surface area contributed by atoms with Gasteiger partial charge in [0.25, 0.3) is 0 Å². The lowest BCUT2D eigenvalue weighted by molar-refractivity contribution is -0.0663. The van der Waals surface area contributed by atoms with Gasteiger partial charge in [-0.25, -0.2) is 0 Å². The van der Waals surface area contributed by atoms with E-state index in [2.05, 4.69) is 0 Å². The van der Waals surface area contributed by atoms with E-state index in [0.717, 1.165) is 19.3 Å². The predicted molar refractivity (Wildman–Crippen MR) is 60.5 cm³/mol. The smallest absolute Gasteiger partial charge is 0.122 e. The maximum atomic E-state index is 9.84. The molecule has 0 saturated heterocycles. The Hall–Kier alpha value is -1.24. The Bertz CT molecular complexity index is 435. The average molecular weight is 238 g/mol. The number of hydrogen-bond donors (Lipinski definition) is 1. The summed E-state index contributed by atoms with van der Waals surface area (Å²) in [5.41, 5.74) is -0.224. The molecule has 1 aliphatic rings. The summed E-state index contributed by atoms with van der Waals surface area (Å²) in [5.74, 6) is 0.532. The van der Waals surface area contributed by atoms with Crippen LogP contribution in [0.1, 0.15) is 24.8 Å². The minimum Gasteiger partial charge on any atom is -0.490 e. The van der Waals surface area contributed by atoms with Crippen molar-refractivity contribution in [3.8, 4) is 11.8 Å². The van der Waals surface area contributed by atoms with E-state index in [1.165, 1.54) is 0 Å². The third-order valence-corrected chi connectivity index (χ3v) is 3.01. The van der Waals surface area contributed by atoms with Crippen LogP contribution in [0.25, 0.3) is 0 Å². The summed E-state index contributed by atoms with van der Waals surface area (Å²) in [4.78, 5) is 0. The molecule has 16 heavy (non-hydrogen) atoms. The maximum absolute atomic E-state index is 9.84. The summed E-state index contributed by atoms with van der Waals surface area (Å²) >= 11 is 5.83. The second kappa shape index (κ2) is 4.32. The van der Waals surface area contributed by atoms with E-state index in [9.17, 15) is 5.11 Å². The molecule has 0 aliphatic heterocycles. The molecule has 1 saturated carbocycles. The SMILES string of the molecule is N#Cc1cc(Cl)cc(OCC2(O)CCC2)c1. The molecule has 1 fully saturated rings.